The van der Waals surface area contributed by atoms with Crippen LogP contribution in [0.2, 0.25) is 0 Å². The van der Waals surface area contributed by atoms with Gasteiger partial charge in [-0.3, -0.25) is 9.80 Å². The molecule has 0 saturated carbocycles. The molecule has 2 unspecified atom stereocenters. The Kier molecular flexibility index (Phi) is 4.92. The molecule has 1 heterocycles. The number of nitrogens with zero attached hydrogens (tertiary/aromatic N) is 3. The second kappa shape index (κ2) is 6.67. The van der Waals surface area contributed by atoms with Crippen molar-refractivity contribution in [2.45, 2.75) is 19.1 Å². The maximum Gasteiger partial charge on any atom is 0.0950 e. The summed E-state index contributed by atoms with van der Waals surface area (Å²) in [4.78, 5) is 4.45. The van der Waals surface area contributed by atoms with Crippen LogP contribution in [-0.4, -0.2) is 53.7 Å². The zero-order valence-corrected chi connectivity index (χ0v) is 11.4. The summed E-state index contributed by atoms with van der Waals surface area (Å²) in [5.74, 6) is 0. The fourth-order valence-corrected chi connectivity index (χ4v) is 2.44. The summed E-state index contributed by atoms with van der Waals surface area (Å²) in [7, 11) is 0. The summed E-state index contributed by atoms with van der Waals surface area (Å²) in [6.45, 7) is 6.23. The Bertz CT molecular complexity index is 421. The minimum Gasteiger partial charge on any atom is -0.387 e. The predicted molar refractivity (Wildman–Crippen MR) is 74.5 cm³/mol. The van der Waals surface area contributed by atoms with Crippen molar-refractivity contribution in [3.05, 3.63) is 35.9 Å². The van der Waals surface area contributed by atoms with E-state index in [1.54, 1.807) is 0 Å². The summed E-state index contributed by atoms with van der Waals surface area (Å²) >= 11 is 0. The van der Waals surface area contributed by atoms with Crippen LogP contribution in [0.4, 0.5) is 0 Å². The molecule has 0 spiro atoms. The van der Waals surface area contributed by atoms with Gasteiger partial charge in [0.05, 0.1) is 18.2 Å². The minimum atomic E-state index is -0.429. The van der Waals surface area contributed by atoms with E-state index in [0.29, 0.717) is 6.54 Å². The van der Waals surface area contributed by atoms with E-state index in [2.05, 4.69) is 15.9 Å². The molecule has 0 bridgehead atoms. The van der Waals surface area contributed by atoms with E-state index in [0.717, 1.165) is 31.7 Å². The molecule has 102 valence electrons. The molecular weight excluding hydrogens is 238 g/mol. The Hall–Kier alpha value is -1.41. The first-order chi connectivity index (χ1) is 9.20. The molecule has 19 heavy (non-hydrogen) atoms. The highest BCUT2D eigenvalue weighted by atomic mass is 16.3. The third-order valence-electron chi connectivity index (χ3n) is 3.76. The summed E-state index contributed by atoms with van der Waals surface area (Å²) in [6, 6.07) is 12.0. The summed E-state index contributed by atoms with van der Waals surface area (Å²) in [5.41, 5.74) is 0.968. The Labute approximate surface area is 114 Å². The van der Waals surface area contributed by atoms with Crippen molar-refractivity contribution in [2.24, 2.45) is 0 Å². The van der Waals surface area contributed by atoms with Gasteiger partial charge in [-0.25, -0.2) is 0 Å². The molecule has 0 aliphatic carbocycles. The first-order valence-corrected chi connectivity index (χ1v) is 6.79. The van der Waals surface area contributed by atoms with Gasteiger partial charge in [0.25, 0.3) is 0 Å². The van der Waals surface area contributed by atoms with Gasteiger partial charge in [0.2, 0.25) is 0 Å². The van der Waals surface area contributed by atoms with Crippen LogP contribution in [-0.2, 0) is 0 Å². The summed E-state index contributed by atoms with van der Waals surface area (Å²) < 4.78 is 0. The van der Waals surface area contributed by atoms with Crippen LogP contribution in [0.25, 0.3) is 0 Å². The van der Waals surface area contributed by atoms with Gasteiger partial charge < -0.3 is 5.11 Å². The molecule has 1 aliphatic heterocycles. The van der Waals surface area contributed by atoms with Crippen molar-refractivity contribution in [1.82, 2.24) is 9.80 Å². The van der Waals surface area contributed by atoms with E-state index in [1.807, 2.05) is 37.3 Å². The number of aliphatic hydroxyl groups excluding tert-OH is 1. The van der Waals surface area contributed by atoms with E-state index in [-0.39, 0.29) is 6.04 Å². The van der Waals surface area contributed by atoms with Gasteiger partial charge in [-0.1, -0.05) is 30.3 Å². The zero-order valence-electron chi connectivity index (χ0n) is 11.4. The Morgan fingerprint density at radius 3 is 2.42 bits per heavy atom. The third-order valence-corrected chi connectivity index (χ3v) is 3.76. The second-order valence-corrected chi connectivity index (χ2v) is 5.07. The van der Waals surface area contributed by atoms with Crippen LogP contribution in [0, 0.1) is 11.3 Å². The van der Waals surface area contributed by atoms with Crippen LogP contribution in [0.5, 0.6) is 0 Å². The maximum atomic E-state index is 10.2. The molecule has 4 heteroatoms. The van der Waals surface area contributed by atoms with Gasteiger partial charge in [0.1, 0.15) is 0 Å². The predicted octanol–water partition coefficient (Wildman–Crippen LogP) is 1.25. The first-order valence-electron chi connectivity index (χ1n) is 6.79. The SMILES string of the molecule is CC(C#N)N1CCN(CC(O)c2ccccc2)CC1. The molecular formula is C15H21N3O. The van der Waals surface area contributed by atoms with Gasteiger partial charge in [-0.05, 0) is 12.5 Å². The van der Waals surface area contributed by atoms with E-state index in [4.69, 9.17) is 5.26 Å². The average molecular weight is 259 g/mol. The number of hydrogen-bond donors (Lipinski definition) is 1. The molecule has 1 aromatic rings. The smallest absolute Gasteiger partial charge is 0.0950 e. The molecule has 0 radical (unpaired) electrons. The second-order valence-electron chi connectivity index (χ2n) is 5.07. The molecule has 1 fully saturated rings. The topological polar surface area (TPSA) is 50.5 Å². The monoisotopic (exact) mass is 259 g/mol. The largest absolute Gasteiger partial charge is 0.387 e. The van der Waals surface area contributed by atoms with Crippen molar-refractivity contribution in [2.75, 3.05) is 32.7 Å². The number of β-amino-alcohol motifs (C(OH)–C–C–N with tert-alkyl or cyclic N) is 1. The molecule has 1 aromatic carbocycles. The molecule has 4 nitrogen and oxygen atoms in total. The van der Waals surface area contributed by atoms with Gasteiger partial charge in [-0.2, -0.15) is 5.26 Å². The molecule has 0 aromatic heterocycles. The highest BCUT2D eigenvalue weighted by Crippen LogP contribution is 2.15. The van der Waals surface area contributed by atoms with Crippen molar-refractivity contribution in [3.8, 4) is 6.07 Å². The van der Waals surface area contributed by atoms with Crippen LogP contribution in [0.1, 0.15) is 18.6 Å². The van der Waals surface area contributed by atoms with Crippen molar-refractivity contribution < 1.29 is 5.11 Å². The first kappa shape index (κ1) is 14.0. The van der Waals surface area contributed by atoms with Crippen molar-refractivity contribution in [3.63, 3.8) is 0 Å². The van der Waals surface area contributed by atoms with Gasteiger partial charge in [-0.15, -0.1) is 0 Å². The normalized spacial score (nSPS) is 20.7. The van der Waals surface area contributed by atoms with E-state index in [1.165, 1.54) is 0 Å². The van der Waals surface area contributed by atoms with Crippen LogP contribution < -0.4 is 0 Å². The number of aliphatic hydroxyl groups is 1. The average Bonchev–Trinajstić information content (AvgIpc) is 2.48. The molecule has 0 amide bonds. The third kappa shape index (κ3) is 3.77. The minimum absolute atomic E-state index is 0.0128. The number of rotatable bonds is 4. The fourth-order valence-electron chi connectivity index (χ4n) is 2.44. The number of benzene rings is 1. The number of piperazine rings is 1. The number of hydrogen-bond acceptors (Lipinski definition) is 4. The lowest BCUT2D eigenvalue weighted by molar-refractivity contribution is 0.0669. The molecule has 1 aliphatic rings. The summed E-state index contributed by atoms with van der Waals surface area (Å²) in [5, 5.41) is 19.1. The molecule has 2 atom stereocenters. The Balaban J connectivity index is 1.81. The lowest BCUT2D eigenvalue weighted by atomic mass is 10.1. The van der Waals surface area contributed by atoms with Gasteiger partial charge >= 0.3 is 0 Å². The Morgan fingerprint density at radius 2 is 1.84 bits per heavy atom. The quantitative estimate of drug-likeness (QED) is 0.884. The fraction of sp³-hybridized carbons (Fsp3) is 0.533. The highest BCUT2D eigenvalue weighted by Gasteiger charge is 2.22. The lowest BCUT2D eigenvalue weighted by Gasteiger charge is -2.36. The van der Waals surface area contributed by atoms with Crippen LogP contribution >= 0.6 is 0 Å². The lowest BCUT2D eigenvalue weighted by Crippen LogP contribution is -2.50. The number of nitriles is 1. The van der Waals surface area contributed by atoms with Crippen LogP contribution in [0.3, 0.4) is 0 Å². The highest BCUT2D eigenvalue weighted by molar-refractivity contribution is 5.17. The Morgan fingerprint density at radius 1 is 1.21 bits per heavy atom. The molecule has 2 rings (SSSR count). The van der Waals surface area contributed by atoms with Crippen molar-refractivity contribution >= 4 is 0 Å². The maximum absolute atomic E-state index is 10.2. The van der Waals surface area contributed by atoms with Gasteiger partial charge in [0, 0.05) is 32.7 Å². The van der Waals surface area contributed by atoms with Gasteiger partial charge in [0.15, 0.2) is 0 Å². The van der Waals surface area contributed by atoms with Crippen LogP contribution in [0.15, 0.2) is 30.3 Å². The standard InChI is InChI=1S/C15H21N3O/c1-13(11-16)18-9-7-17(8-10-18)12-15(19)14-5-3-2-4-6-14/h2-6,13,15,19H,7-10,12H2,1H3. The van der Waals surface area contributed by atoms with E-state index in [9.17, 15) is 5.11 Å². The van der Waals surface area contributed by atoms with Crippen molar-refractivity contribution in [1.29, 1.82) is 5.26 Å². The molecule has 1 N–H and O–H groups in total. The van der Waals surface area contributed by atoms with E-state index < -0.39 is 6.10 Å². The summed E-state index contributed by atoms with van der Waals surface area (Å²) in [6.07, 6.45) is -0.429. The van der Waals surface area contributed by atoms with E-state index >= 15 is 0 Å². The zero-order chi connectivity index (χ0) is 13.7. The molecule has 1 saturated heterocycles.